The molecule has 1 N–H and O–H groups in total. The smallest absolute Gasteiger partial charge is 0.405 e. The lowest BCUT2D eigenvalue weighted by atomic mass is 9.83. The molecule has 0 aliphatic heterocycles. The van der Waals surface area contributed by atoms with Gasteiger partial charge in [-0.05, 0) is 18.4 Å². The van der Waals surface area contributed by atoms with E-state index in [0.29, 0.717) is 6.61 Å². The van der Waals surface area contributed by atoms with Gasteiger partial charge >= 0.3 is 6.36 Å². The maximum absolute atomic E-state index is 12.4. The summed E-state index contributed by atoms with van der Waals surface area (Å²) in [7, 11) is 0. The number of rotatable bonds is 5. The number of aliphatic hydroxyl groups excluding tert-OH is 1. The average molecular weight is 306 g/mol. The first-order valence-corrected chi connectivity index (χ1v) is 6.70. The Kier molecular flexibility index (Phi) is 5.64. The van der Waals surface area contributed by atoms with Gasteiger partial charge in [-0.25, -0.2) is 0 Å². The van der Waals surface area contributed by atoms with Crippen LogP contribution >= 0.6 is 0 Å². The molecule has 21 heavy (non-hydrogen) atoms. The van der Waals surface area contributed by atoms with E-state index in [0.717, 1.165) is 0 Å². The molecule has 0 bridgehead atoms. The maximum atomic E-state index is 12.4. The largest absolute Gasteiger partial charge is 0.573 e. The summed E-state index contributed by atoms with van der Waals surface area (Å²) in [5.74, 6) is -0.411. The first kappa shape index (κ1) is 17.8. The molecule has 0 fully saturated rings. The fourth-order valence-corrected chi connectivity index (χ4v) is 2.10. The van der Waals surface area contributed by atoms with Crippen LogP contribution in [0.2, 0.25) is 0 Å². The van der Waals surface area contributed by atoms with E-state index in [1.165, 1.54) is 18.2 Å². The second-order valence-electron chi connectivity index (χ2n) is 5.77. The topological polar surface area (TPSA) is 38.7 Å². The molecule has 120 valence electrons. The van der Waals surface area contributed by atoms with Crippen molar-refractivity contribution in [1.82, 2.24) is 0 Å². The predicted octanol–water partition coefficient (Wildman–Crippen LogP) is 4.07. The third kappa shape index (κ3) is 5.21. The highest BCUT2D eigenvalue weighted by Crippen LogP contribution is 2.37. The van der Waals surface area contributed by atoms with Crippen molar-refractivity contribution in [3.63, 3.8) is 0 Å². The minimum atomic E-state index is -4.81. The Morgan fingerprint density at radius 1 is 1.14 bits per heavy atom. The monoisotopic (exact) mass is 306 g/mol. The number of benzene rings is 1. The summed E-state index contributed by atoms with van der Waals surface area (Å²) in [6, 6.07) is 5.55. The zero-order valence-corrected chi connectivity index (χ0v) is 12.6. The number of alkyl halides is 3. The first-order valence-electron chi connectivity index (χ1n) is 6.70. The molecule has 0 radical (unpaired) electrons. The molecular formula is C15H21F3O3. The van der Waals surface area contributed by atoms with Crippen molar-refractivity contribution in [2.24, 2.45) is 5.41 Å². The van der Waals surface area contributed by atoms with Crippen LogP contribution in [0.25, 0.3) is 0 Å². The Hall–Kier alpha value is -1.27. The molecule has 6 heteroatoms. The van der Waals surface area contributed by atoms with Crippen LogP contribution < -0.4 is 4.74 Å². The normalized spacial score (nSPS) is 15.6. The molecule has 2 unspecified atom stereocenters. The lowest BCUT2D eigenvalue weighted by Gasteiger charge is -2.34. The second-order valence-corrected chi connectivity index (χ2v) is 5.77. The molecule has 0 spiro atoms. The zero-order valence-electron chi connectivity index (χ0n) is 12.6. The van der Waals surface area contributed by atoms with Crippen LogP contribution in [0.15, 0.2) is 24.3 Å². The molecule has 0 aliphatic rings. The SMILES string of the molecule is CCOC(C(O)c1ccccc1OC(F)(F)F)C(C)(C)C. The van der Waals surface area contributed by atoms with Crippen molar-refractivity contribution >= 4 is 0 Å². The van der Waals surface area contributed by atoms with Gasteiger partial charge in [0.15, 0.2) is 0 Å². The number of halogens is 3. The van der Waals surface area contributed by atoms with Crippen molar-refractivity contribution in [3.05, 3.63) is 29.8 Å². The third-order valence-corrected chi connectivity index (χ3v) is 2.95. The van der Waals surface area contributed by atoms with E-state index >= 15 is 0 Å². The Labute approximate surface area is 122 Å². The van der Waals surface area contributed by atoms with E-state index in [4.69, 9.17) is 4.74 Å². The van der Waals surface area contributed by atoms with Crippen molar-refractivity contribution in [2.75, 3.05) is 6.61 Å². The first-order chi connectivity index (χ1) is 9.56. The van der Waals surface area contributed by atoms with Gasteiger partial charge in [-0.2, -0.15) is 0 Å². The van der Waals surface area contributed by atoms with Crippen LogP contribution in [0.3, 0.4) is 0 Å². The van der Waals surface area contributed by atoms with Gasteiger partial charge in [0.2, 0.25) is 0 Å². The lowest BCUT2D eigenvalue weighted by molar-refractivity contribution is -0.275. The fraction of sp³-hybridized carbons (Fsp3) is 0.600. The van der Waals surface area contributed by atoms with Crippen LogP contribution in [-0.4, -0.2) is 24.2 Å². The molecule has 0 saturated heterocycles. The van der Waals surface area contributed by atoms with Crippen molar-refractivity contribution in [2.45, 2.75) is 46.3 Å². The summed E-state index contributed by atoms with van der Waals surface area (Å²) in [6.07, 6.45) is -6.68. The number of hydrogen-bond acceptors (Lipinski definition) is 3. The molecule has 0 aliphatic carbocycles. The van der Waals surface area contributed by atoms with Crippen LogP contribution in [0.1, 0.15) is 39.4 Å². The number of aliphatic hydroxyl groups is 1. The molecule has 0 aromatic heterocycles. The van der Waals surface area contributed by atoms with E-state index < -0.39 is 29.7 Å². The van der Waals surface area contributed by atoms with E-state index in [9.17, 15) is 18.3 Å². The minimum Gasteiger partial charge on any atom is -0.405 e. The van der Waals surface area contributed by atoms with Crippen molar-refractivity contribution in [3.8, 4) is 5.75 Å². The van der Waals surface area contributed by atoms with Gasteiger partial charge in [0.1, 0.15) is 11.9 Å². The van der Waals surface area contributed by atoms with Crippen molar-refractivity contribution in [1.29, 1.82) is 0 Å². The van der Waals surface area contributed by atoms with Gasteiger partial charge in [-0.15, -0.1) is 13.2 Å². The molecule has 2 atom stereocenters. The van der Waals surface area contributed by atoms with Gasteiger partial charge in [0, 0.05) is 12.2 Å². The van der Waals surface area contributed by atoms with Gasteiger partial charge in [-0.1, -0.05) is 39.0 Å². The summed E-state index contributed by atoms with van der Waals surface area (Å²) in [5, 5.41) is 10.5. The van der Waals surface area contributed by atoms with E-state index in [1.54, 1.807) is 13.0 Å². The molecule has 1 aromatic carbocycles. The van der Waals surface area contributed by atoms with E-state index in [1.807, 2.05) is 20.8 Å². The summed E-state index contributed by atoms with van der Waals surface area (Å²) in [4.78, 5) is 0. The molecule has 3 nitrogen and oxygen atoms in total. The quantitative estimate of drug-likeness (QED) is 0.891. The molecule has 0 saturated carbocycles. The van der Waals surface area contributed by atoms with Gasteiger partial charge in [-0.3, -0.25) is 0 Å². The number of para-hydroxylation sites is 1. The summed E-state index contributed by atoms with van der Waals surface area (Å²) >= 11 is 0. The van der Waals surface area contributed by atoms with Gasteiger partial charge in [0.25, 0.3) is 0 Å². The van der Waals surface area contributed by atoms with Gasteiger partial charge < -0.3 is 14.6 Å². The Morgan fingerprint density at radius 3 is 2.19 bits per heavy atom. The standard InChI is InChI=1S/C15H21F3O3/c1-5-20-13(14(2,3)4)12(19)10-8-6-7-9-11(10)21-15(16,17)18/h6-9,12-13,19H,5H2,1-4H3. The molecule has 1 aromatic rings. The summed E-state index contributed by atoms with van der Waals surface area (Å²) in [5.41, 5.74) is -0.385. The van der Waals surface area contributed by atoms with Crippen molar-refractivity contribution < 1.29 is 27.8 Å². The van der Waals surface area contributed by atoms with E-state index in [2.05, 4.69) is 4.74 Å². The maximum Gasteiger partial charge on any atom is 0.573 e. The molecule has 0 heterocycles. The number of hydrogen-bond donors (Lipinski definition) is 1. The third-order valence-electron chi connectivity index (χ3n) is 2.95. The highest BCUT2D eigenvalue weighted by molar-refractivity contribution is 5.36. The zero-order chi connectivity index (χ0) is 16.3. The van der Waals surface area contributed by atoms with E-state index in [-0.39, 0.29) is 5.56 Å². The summed E-state index contributed by atoms with van der Waals surface area (Å²) in [6.45, 7) is 7.67. The molecule has 0 amide bonds. The highest BCUT2D eigenvalue weighted by atomic mass is 19.4. The Morgan fingerprint density at radius 2 is 1.71 bits per heavy atom. The van der Waals surface area contributed by atoms with Crippen LogP contribution in [0.4, 0.5) is 13.2 Å². The fourth-order valence-electron chi connectivity index (χ4n) is 2.10. The van der Waals surface area contributed by atoms with Crippen LogP contribution in [-0.2, 0) is 4.74 Å². The number of ether oxygens (including phenoxy) is 2. The Bertz CT molecular complexity index is 452. The van der Waals surface area contributed by atoms with Crippen LogP contribution in [0.5, 0.6) is 5.75 Å². The van der Waals surface area contributed by atoms with Gasteiger partial charge in [0.05, 0.1) is 6.10 Å². The predicted molar refractivity (Wildman–Crippen MR) is 73.0 cm³/mol. The lowest BCUT2D eigenvalue weighted by Crippen LogP contribution is -2.35. The highest BCUT2D eigenvalue weighted by Gasteiger charge is 2.37. The molecular weight excluding hydrogens is 285 g/mol. The average Bonchev–Trinajstić information content (AvgIpc) is 2.32. The molecule has 1 rings (SSSR count). The van der Waals surface area contributed by atoms with Crippen LogP contribution in [0, 0.1) is 5.41 Å². The minimum absolute atomic E-state index is 0.0585. The second kappa shape index (κ2) is 6.66. The summed E-state index contributed by atoms with van der Waals surface area (Å²) < 4.78 is 46.8. The Balaban J connectivity index is 3.13.